The van der Waals surface area contributed by atoms with E-state index >= 15 is 0 Å². The summed E-state index contributed by atoms with van der Waals surface area (Å²) in [5.74, 6) is -0.957. The van der Waals surface area contributed by atoms with Crippen LogP contribution in [-0.4, -0.2) is 21.6 Å². The molecule has 1 rings (SSSR count). The third kappa shape index (κ3) is 2.97. The molecule has 5 heteroatoms. The number of rotatable bonds is 6. The lowest BCUT2D eigenvalue weighted by atomic mass is 9.90. The predicted molar refractivity (Wildman–Crippen MR) is 71.0 cm³/mol. The molecule has 0 amide bonds. The van der Waals surface area contributed by atoms with Gasteiger partial charge in [-0.15, -0.1) is 11.3 Å². The molecule has 0 aliphatic rings. The molecule has 0 atom stereocenters. The zero-order valence-corrected chi connectivity index (χ0v) is 11.6. The van der Waals surface area contributed by atoms with Gasteiger partial charge in [-0.2, -0.15) is 0 Å². The van der Waals surface area contributed by atoms with Crippen LogP contribution in [0.2, 0.25) is 0 Å². The molecule has 1 aromatic rings. The highest BCUT2D eigenvalue weighted by Crippen LogP contribution is 2.29. The molecular formula is C12H20N2O2S. The Morgan fingerprint density at radius 3 is 2.24 bits per heavy atom. The quantitative estimate of drug-likeness (QED) is 0.817. The number of aryl methyl sites for hydroxylation is 1. The van der Waals surface area contributed by atoms with Crippen molar-refractivity contribution in [2.45, 2.75) is 52.5 Å². The van der Waals surface area contributed by atoms with Gasteiger partial charge in [0.05, 0.1) is 0 Å². The number of carbonyl (C=O) groups is 1. The number of thiazole rings is 1. The van der Waals surface area contributed by atoms with Gasteiger partial charge < -0.3 is 10.4 Å². The van der Waals surface area contributed by atoms with Gasteiger partial charge in [-0.3, -0.25) is 0 Å². The van der Waals surface area contributed by atoms with E-state index in [0.29, 0.717) is 5.13 Å². The van der Waals surface area contributed by atoms with Crippen molar-refractivity contribution in [1.29, 1.82) is 0 Å². The topological polar surface area (TPSA) is 62.2 Å². The van der Waals surface area contributed by atoms with Gasteiger partial charge in [-0.1, -0.05) is 20.8 Å². The predicted octanol–water partition coefficient (Wildman–Crippen LogP) is 3.53. The molecule has 0 aliphatic carbocycles. The molecule has 0 fully saturated rings. The first-order valence-electron chi connectivity index (χ1n) is 5.97. The average molecular weight is 256 g/mol. The molecule has 0 unspecified atom stereocenters. The maximum absolute atomic E-state index is 10.9. The number of hydrogen-bond donors (Lipinski definition) is 2. The van der Waals surface area contributed by atoms with Gasteiger partial charge in [0, 0.05) is 10.4 Å². The van der Waals surface area contributed by atoms with E-state index in [9.17, 15) is 4.79 Å². The van der Waals surface area contributed by atoms with Crippen LogP contribution in [0.5, 0.6) is 0 Å². The van der Waals surface area contributed by atoms with Gasteiger partial charge in [0.25, 0.3) is 0 Å². The Kier molecular flexibility index (Phi) is 4.51. The minimum absolute atomic E-state index is 0.0278. The highest BCUT2D eigenvalue weighted by Gasteiger charge is 2.25. The molecular weight excluding hydrogens is 236 g/mol. The number of aromatic nitrogens is 1. The van der Waals surface area contributed by atoms with Crippen LogP contribution in [0, 0.1) is 6.92 Å². The molecule has 0 bridgehead atoms. The monoisotopic (exact) mass is 256 g/mol. The number of nitrogens with one attached hydrogen (secondary N) is 1. The standard InChI is InChI=1S/C12H20N2O2S/c1-5-12(6-2,7-3)14-11-13-9(10(15)16)8(4)17-11/h5-7H2,1-4H3,(H,13,14)(H,15,16). The summed E-state index contributed by atoms with van der Waals surface area (Å²) in [5.41, 5.74) is 0.190. The normalized spacial score (nSPS) is 11.5. The van der Waals surface area contributed by atoms with Gasteiger partial charge in [0.2, 0.25) is 0 Å². The summed E-state index contributed by atoms with van der Waals surface area (Å²) in [4.78, 5) is 15.8. The fourth-order valence-corrected chi connectivity index (χ4v) is 2.81. The van der Waals surface area contributed by atoms with E-state index in [2.05, 4.69) is 31.1 Å². The van der Waals surface area contributed by atoms with Gasteiger partial charge in [0.15, 0.2) is 10.8 Å². The number of hydrogen-bond acceptors (Lipinski definition) is 4. The van der Waals surface area contributed by atoms with Crippen LogP contribution in [0.15, 0.2) is 0 Å². The number of aromatic carboxylic acids is 1. The van der Waals surface area contributed by atoms with Crippen LogP contribution >= 0.6 is 11.3 Å². The molecule has 0 radical (unpaired) electrons. The summed E-state index contributed by atoms with van der Waals surface area (Å²) < 4.78 is 0. The van der Waals surface area contributed by atoms with Gasteiger partial charge >= 0.3 is 5.97 Å². The van der Waals surface area contributed by atoms with Crippen molar-refractivity contribution in [3.05, 3.63) is 10.6 Å². The van der Waals surface area contributed by atoms with E-state index in [1.54, 1.807) is 6.92 Å². The third-order valence-corrected chi connectivity index (χ3v) is 4.29. The SMILES string of the molecule is CCC(CC)(CC)Nc1nc(C(=O)O)c(C)s1. The van der Waals surface area contributed by atoms with Crippen molar-refractivity contribution in [1.82, 2.24) is 4.98 Å². The van der Waals surface area contributed by atoms with Crippen LogP contribution in [0.3, 0.4) is 0 Å². The maximum atomic E-state index is 10.9. The molecule has 0 saturated heterocycles. The molecule has 1 aromatic heterocycles. The minimum atomic E-state index is -0.957. The number of anilines is 1. The van der Waals surface area contributed by atoms with Crippen molar-refractivity contribution >= 4 is 22.4 Å². The fourth-order valence-electron chi connectivity index (χ4n) is 1.89. The molecule has 1 heterocycles. The lowest BCUT2D eigenvalue weighted by molar-refractivity contribution is 0.0690. The molecule has 2 N–H and O–H groups in total. The molecule has 96 valence electrons. The van der Waals surface area contributed by atoms with Crippen molar-refractivity contribution in [2.75, 3.05) is 5.32 Å². The first-order valence-corrected chi connectivity index (χ1v) is 6.78. The van der Waals surface area contributed by atoms with Gasteiger partial charge in [0.1, 0.15) is 0 Å². The van der Waals surface area contributed by atoms with Crippen LogP contribution in [0.25, 0.3) is 0 Å². The second kappa shape index (κ2) is 5.49. The Balaban J connectivity index is 2.95. The van der Waals surface area contributed by atoms with Crippen molar-refractivity contribution < 1.29 is 9.90 Å². The van der Waals surface area contributed by atoms with Crippen LogP contribution in [0.1, 0.15) is 55.4 Å². The molecule has 17 heavy (non-hydrogen) atoms. The van der Waals surface area contributed by atoms with Crippen LogP contribution in [-0.2, 0) is 0 Å². The van der Waals surface area contributed by atoms with E-state index in [4.69, 9.17) is 5.11 Å². The van der Waals surface area contributed by atoms with E-state index in [0.717, 1.165) is 24.1 Å². The largest absolute Gasteiger partial charge is 0.476 e. The minimum Gasteiger partial charge on any atom is -0.476 e. The van der Waals surface area contributed by atoms with E-state index in [1.807, 2.05) is 0 Å². The van der Waals surface area contributed by atoms with Crippen LogP contribution in [0.4, 0.5) is 5.13 Å². The first-order chi connectivity index (χ1) is 7.98. The number of nitrogens with zero attached hydrogens (tertiary/aromatic N) is 1. The molecule has 0 spiro atoms. The Hall–Kier alpha value is -1.10. The number of carboxylic acids is 1. The lowest BCUT2D eigenvalue weighted by Crippen LogP contribution is -2.36. The number of carboxylic acid groups (broad SMARTS) is 1. The highest BCUT2D eigenvalue weighted by atomic mass is 32.1. The Bertz CT molecular complexity index is 389. The summed E-state index contributed by atoms with van der Waals surface area (Å²) in [6.45, 7) is 8.20. The van der Waals surface area contributed by atoms with Gasteiger partial charge in [-0.05, 0) is 26.2 Å². The second-order valence-electron chi connectivity index (χ2n) is 4.19. The Morgan fingerprint density at radius 2 is 1.88 bits per heavy atom. The molecule has 0 aromatic carbocycles. The first kappa shape index (κ1) is 14.0. The zero-order chi connectivity index (χ0) is 13.1. The summed E-state index contributed by atoms with van der Waals surface area (Å²) in [7, 11) is 0. The lowest BCUT2D eigenvalue weighted by Gasteiger charge is -2.31. The molecule has 0 saturated carbocycles. The fraction of sp³-hybridized carbons (Fsp3) is 0.667. The second-order valence-corrected chi connectivity index (χ2v) is 5.40. The van der Waals surface area contributed by atoms with E-state index in [-0.39, 0.29) is 11.2 Å². The Morgan fingerprint density at radius 1 is 1.35 bits per heavy atom. The summed E-state index contributed by atoms with van der Waals surface area (Å²) >= 11 is 1.41. The van der Waals surface area contributed by atoms with E-state index in [1.165, 1.54) is 11.3 Å². The smallest absolute Gasteiger partial charge is 0.355 e. The summed E-state index contributed by atoms with van der Waals surface area (Å²) in [6.07, 6.45) is 3.00. The van der Waals surface area contributed by atoms with E-state index < -0.39 is 5.97 Å². The maximum Gasteiger partial charge on any atom is 0.355 e. The van der Waals surface area contributed by atoms with Gasteiger partial charge in [-0.25, -0.2) is 9.78 Å². The molecule has 0 aliphatic heterocycles. The van der Waals surface area contributed by atoms with Crippen LogP contribution < -0.4 is 5.32 Å². The van der Waals surface area contributed by atoms with Crippen molar-refractivity contribution in [3.8, 4) is 0 Å². The summed E-state index contributed by atoms with van der Waals surface area (Å²) in [5, 5.41) is 13.1. The average Bonchev–Trinajstić information content (AvgIpc) is 2.67. The highest BCUT2D eigenvalue weighted by molar-refractivity contribution is 7.15. The van der Waals surface area contributed by atoms with Crippen molar-refractivity contribution in [2.24, 2.45) is 0 Å². The summed E-state index contributed by atoms with van der Waals surface area (Å²) in [6, 6.07) is 0. The molecule has 4 nitrogen and oxygen atoms in total. The third-order valence-electron chi connectivity index (χ3n) is 3.40. The Labute approximate surface area is 106 Å². The van der Waals surface area contributed by atoms with Crippen molar-refractivity contribution in [3.63, 3.8) is 0 Å². The zero-order valence-electron chi connectivity index (χ0n) is 10.8.